The van der Waals surface area contributed by atoms with E-state index in [4.69, 9.17) is 9.72 Å². The van der Waals surface area contributed by atoms with E-state index >= 15 is 0 Å². The molecule has 0 spiro atoms. The highest BCUT2D eigenvalue weighted by Gasteiger charge is 2.27. The molecule has 0 radical (unpaired) electrons. The molecule has 194 valence electrons. The van der Waals surface area contributed by atoms with Crippen molar-refractivity contribution in [2.45, 2.75) is 64.4 Å². The summed E-state index contributed by atoms with van der Waals surface area (Å²) >= 11 is 1.58. The van der Waals surface area contributed by atoms with Crippen molar-refractivity contribution < 1.29 is 17.9 Å². The number of ether oxygens (including phenoxy) is 1. The molecule has 9 heteroatoms. The minimum Gasteiger partial charge on any atom is -0.467 e. The zero-order valence-corrected chi connectivity index (χ0v) is 23.1. The van der Waals surface area contributed by atoms with E-state index in [0.717, 1.165) is 41.5 Å². The Kier molecular flexibility index (Phi) is 8.32. The third-order valence-electron chi connectivity index (χ3n) is 6.60. The topological polar surface area (TPSA) is 79.8 Å². The van der Waals surface area contributed by atoms with Crippen molar-refractivity contribution in [1.29, 1.82) is 0 Å². The number of rotatable bonds is 9. The van der Waals surface area contributed by atoms with Crippen LogP contribution in [-0.4, -0.2) is 60.8 Å². The van der Waals surface area contributed by atoms with Crippen LogP contribution in [0.3, 0.4) is 0 Å². The molecule has 0 N–H and O–H groups in total. The molecule has 2 heterocycles. The van der Waals surface area contributed by atoms with Gasteiger partial charge in [-0.3, -0.25) is 4.79 Å². The molecule has 0 unspecified atom stereocenters. The summed E-state index contributed by atoms with van der Waals surface area (Å²) in [7, 11) is -3.56. The molecule has 3 aromatic rings. The number of piperidine rings is 1. The van der Waals surface area contributed by atoms with Crippen LogP contribution in [0.5, 0.6) is 5.19 Å². The van der Waals surface area contributed by atoms with Gasteiger partial charge >= 0.3 is 0 Å². The molecule has 1 aliphatic heterocycles. The minimum absolute atomic E-state index is 0.0193. The molecule has 1 saturated heterocycles. The highest BCUT2D eigenvalue weighted by Crippen LogP contribution is 2.33. The average molecular weight is 530 g/mol. The first-order valence-corrected chi connectivity index (χ1v) is 14.9. The van der Waals surface area contributed by atoms with E-state index in [1.807, 2.05) is 18.7 Å². The lowest BCUT2D eigenvalue weighted by molar-refractivity contribution is 0.0595. The Balaban J connectivity index is 1.37. The van der Waals surface area contributed by atoms with Gasteiger partial charge in [-0.25, -0.2) is 13.4 Å². The molecule has 1 fully saturated rings. The fourth-order valence-electron chi connectivity index (χ4n) is 4.56. The summed E-state index contributed by atoms with van der Waals surface area (Å²) < 4.78 is 34.9. The predicted molar refractivity (Wildman–Crippen MR) is 144 cm³/mol. The average Bonchev–Trinajstić information content (AvgIpc) is 3.31. The molecule has 1 amide bonds. The summed E-state index contributed by atoms with van der Waals surface area (Å²) in [5, 5.41) is 0.684. The molecule has 36 heavy (non-hydrogen) atoms. The van der Waals surface area contributed by atoms with Crippen LogP contribution in [0.15, 0.2) is 41.3 Å². The van der Waals surface area contributed by atoms with Crippen LogP contribution < -0.4 is 4.74 Å². The third-order valence-corrected chi connectivity index (χ3v) is 9.60. The Labute approximate surface area is 218 Å². The van der Waals surface area contributed by atoms with Gasteiger partial charge in [0.05, 0.1) is 15.1 Å². The number of hydrogen-bond acceptors (Lipinski definition) is 6. The number of thiazole rings is 1. The van der Waals surface area contributed by atoms with Crippen molar-refractivity contribution in [2.24, 2.45) is 0 Å². The van der Waals surface area contributed by atoms with Gasteiger partial charge in [-0.15, -0.1) is 0 Å². The first-order valence-electron chi connectivity index (χ1n) is 12.7. The van der Waals surface area contributed by atoms with E-state index in [-0.39, 0.29) is 16.9 Å². The zero-order valence-electron chi connectivity index (χ0n) is 21.5. The fourth-order valence-corrected chi connectivity index (χ4v) is 7.21. The van der Waals surface area contributed by atoms with E-state index in [9.17, 15) is 13.2 Å². The maximum atomic E-state index is 13.1. The largest absolute Gasteiger partial charge is 0.467 e. The number of likely N-dealkylation sites (tertiary alicyclic amines) is 1. The number of sulfonamides is 1. The van der Waals surface area contributed by atoms with Crippen LogP contribution in [0.2, 0.25) is 0 Å². The van der Waals surface area contributed by atoms with Gasteiger partial charge in [0.25, 0.3) is 11.1 Å². The highest BCUT2D eigenvalue weighted by molar-refractivity contribution is 7.89. The number of aryl methyl sites for hydroxylation is 2. The summed E-state index contributed by atoms with van der Waals surface area (Å²) in [6.07, 6.45) is 3.00. The molecule has 1 aliphatic rings. The third kappa shape index (κ3) is 5.58. The van der Waals surface area contributed by atoms with Gasteiger partial charge in [0.1, 0.15) is 6.10 Å². The number of fused-ring (bicyclic) bond motifs is 1. The smallest absolute Gasteiger partial charge is 0.274 e. The summed E-state index contributed by atoms with van der Waals surface area (Å²) in [5.41, 5.74) is 3.85. The second-order valence-electron chi connectivity index (χ2n) is 9.39. The number of amides is 1. The monoisotopic (exact) mass is 529 g/mol. The lowest BCUT2D eigenvalue weighted by atomic mass is 10.1. The van der Waals surface area contributed by atoms with Crippen LogP contribution in [0.4, 0.5) is 0 Å². The molecule has 0 aliphatic carbocycles. The Bertz CT molecular complexity index is 1270. The Morgan fingerprint density at radius 2 is 1.64 bits per heavy atom. The summed E-state index contributed by atoms with van der Waals surface area (Å²) in [6.45, 7) is 10.2. The first kappa shape index (κ1) is 26.6. The number of benzene rings is 2. The normalized spacial score (nSPS) is 15.1. The van der Waals surface area contributed by atoms with Gasteiger partial charge in [-0.1, -0.05) is 37.3 Å². The zero-order chi connectivity index (χ0) is 25.9. The van der Waals surface area contributed by atoms with E-state index < -0.39 is 10.0 Å². The quantitative estimate of drug-likeness (QED) is 0.370. The van der Waals surface area contributed by atoms with Crippen molar-refractivity contribution in [3.63, 3.8) is 0 Å². The van der Waals surface area contributed by atoms with Gasteiger partial charge in [-0.2, -0.15) is 4.31 Å². The summed E-state index contributed by atoms with van der Waals surface area (Å²) in [5.74, 6) is -0.0809. The van der Waals surface area contributed by atoms with Gasteiger partial charge in [0.2, 0.25) is 10.0 Å². The minimum atomic E-state index is -3.56. The molecule has 0 saturated carbocycles. The standard InChI is InChI=1S/C27H35N3O4S2/c1-5-15-30(16-6-2)36(32,33)23-11-9-21(10-12-23)26(31)29-17-13-22(14-18-29)34-27-28-24-19(3)7-8-20(4)25(24)35-27/h7-12,22H,5-6,13-18H2,1-4H3. The number of nitrogens with zero attached hydrogens (tertiary/aromatic N) is 3. The molecular weight excluding hydrogens is 494 g/mol. The fraction of sp³-hybridized carbons (Fsp3) is 0.481. The van der Waals surface area contributed by atoms with Crippen LogP contribution in [-0.2, 0) is 10.0 Å². The van der Waals surface area contributed by atoms with Gasteiger partial charge < -0.3 is 9.64 Å². The summed E-state index contributed by atoms with van der Waals surface area (Å²) in [6, 6.07) is 10.5. The summed E-state index contributed by atoms with van der Waals surface area (Å²) in [4.78, 5) is 19.8. The lowest BCUT2D eigenvalue weighted by Crippen LogP contribution is -2.41. The SMILES string of the molecule is CCCN(CCC)S(=O)(=O)c1ccc(C(=O)N2CCC(Oc3nc4c(C)ccc(C)c4s3)CC2)cc1. The molecule has 7 nitrogen and oxygen atoms in total. The molecule has 1 aromatic heterocycles. The highest BCUT2D eigenvalue weighted by atomic mass is 32.2. The number of carbonyl (C=O) groups excluding carboxylic acids is 1. The molecular formula is C27H35N3O4S2. The van der Waals surface area contributed by atoms with Gasteiger partial charge in [0.15, 0.2) is 0 Å². The Hall–Kier alpha value is -2.49. The van der Waals surface area contributed by atoms with Crippen molar-refractivity contribution in [2.75, 3.05) is 26.2 Å². The molecule has 4 rings (SSSR count). The van der Waals surface area contributed by atoms with E-state index in [1.165, 1.54) is 9.87 Å². The molecule has 0 bridgehead atoms. The van der Waals surface area contributed by atoms with Gasteiger partial charge in [0, 0.05) is 44.6 Å². The van der Waals surface area contributed by atoms with E-state index in [0.29, 0.717) is 36.9 Å². The van der Waals surface area contributed by atoms with E-state index in [1.54, 1.807) is 35.6 Å². The number of carbonyl (C=O) groups is 1. The van der Waals surface area contributed by atoms with E-state index in [2.05, 4.69) is 26.0 Å². The maximum absolute atomic E-state index is 13.1. The number of hydrogen-bond donors (Lipinski definition) is 0. The van der Waals surface area contributed by atoms with Crippen molar-refractivity contribution in [3.05, 3.63) is 53.1 Å². The van der Waals surface area contributed by atoms with Crippen molar-refractivity contribution in [1.82, 2.24) is 14.2 Å². The van der Waals surface area contributed by atoms with Crippen LogP contribution >= 0.6 is 11.3 Å². The Morgan fingerprint density at radius 3 is 2.22 bits per heavy atom. The first-order chi connectivity index (χ1) is 17.2. The number of aromatic nitrogens is 1. The second kappa shape index (κ2) is 11.3. The maximum Gasteiger partial charge on any atom is 0.274 e. The van der Waals surface area contributed by atoms with Gasteiger partial charge in [-0.05, 0) is 62.1 Å². The predicted octanol–water partition coefficient (Wildman–Crippen LogP) is 5.41. The van der Waals surface area contributed by atoms with Crippen molar-refractivity contribution in [3.8, 4) is 5.19 Å². The second-order valence-corrected chi connectivity index (χ2v) is 12.3. The van der Waals surface area contributed by atoms with Crippen LogP contribution in [0.1, 0.15) is 61.0 Å². The van der Waals surface area contributed by atoms with Crippen LogP contribution in [0.25, 0.3) is 10.2 Å². The Morgan fingerprint density at radius 1 is 1.03 bits per heavy atom. The lowest BCUT2D eigenvalue weighted by Gasteiger charge is -2.31. The van der Waals surface area contributed by atoms with Crippen molar-refractivity contribution >= 4 is 37.5 Å². The van der Waals surface area contributed by atoms with Crippen LogP contribution in [0, 0.1) is 13.8 Å². The molecule has 2 aromatic carbocycles. The molecule has 0 atom stereocenters.